The van der Waals surface area contributed by atoms with Gasteiger partial charge in [-0.05, 0) is 42.5 Å². The third-order valence-corrected chi connectivity index (χ3v) is 5.00. The van der Waals surface area contributed by atoms with Crippen molar-refractivity contribution >= 4 is 23.6 Å². The van der Waals surface area contributed by atoms with Crippen molar-refractivity contribution in [2.24, 2.45) is 0 Å². The van der Waals surface area contributed by atoms with Gasteiger partial charge in [0.2, 0.25) is 0 Å². The van der Waals surface area contributed by atoms with Gasteiger partial charge in [0, 0.05) is 49.6 Å². The Balaban J connectivity index is 1.46. The number of hydrogen-bond acceptors (Lipinski definition) is 6. The lowest BCUT2D eigenvalue weighted by Gasteiger charge is -2.36. The number of anilines is 1. The second-order valence-corrected chi connectivity index (χ2v) is 6.89. The van der Waals surface area contributed by atoms with Crippen molar-refractivity contribution in [1.82, 2.24) is 4.90 Å². The van der Waals surface area contributed by atoms with Crippen molar-refractivity contribution in [3.63, 3.8) is 0 Å². The molecule has 0 aromatic heterocycles. The fourth-order valence-corrected chi connectivity index (χ4v) is 3.25. The number of amides is 1. The fourth-order valence-electron chi connectivity index (χ4n) is 3.25. The summed E-state index contributed by atoms with van der Waals surface area (Å²) in [6, 6.07) is 11.5. The summed E-state index contributed by atoms with van der Waals surface area (Å²) in [6.45, 7) is 1.95. The summed E-state index contributed by atoms with van der Waals surface area (Å²) in [5.41, 5.74) is 1.60. The Morgan fingerprint density at radius 2 is 1.71 bits per heavy atom. The van der Waals surface area contributed by atoms with E-state index in [0.29, 0.717) is 43.2 Å². The molecule has 1 fully saturated rings. The van der Waals surface area contributed by atoms with Crippen LogP contribution in [0.25, 0.3) is 6.08 Å². The summed E-state index contributed by atoms with van der Waals surface area (Å²) >= 11 is 0. The standard InChI is InChI=1S/C23H25FN2O5/c1-29-20-9-3-17(21(15-20)30-2)4-10-23(28)31-16-22(27)26-13-11-25(12-14-26)19-7-5-18(24)6-8-19/h3-10,15H,11-14,16H2,1-2H3/b10-4+. The highest BCUT2D eigenvalue weighted by Gasteiger charge is 2.22. The van der Waals surface area contributed by atoms with Crippen molar-refractivity contribution in [2.45, 2.75) is 0 Å². The van der Waals surface area contributed by atoms with E-state index in [1.807, 2.05) is 0 Å². The molecule has 1 aliphatic heterocycles. The second kappa shape index (κ2) is 10.5. The maximum absolute atomic E-state index is 13.1. The molecule has 164 valence electrons. The molecule has 0 N–H and O–H groups in total. The largest absolute Gasteiger partial charge is 0.497 e. The molecule has 1 amide bonds. The quantitative estimate of drug-likeness (QED) is 0.499. The van der Waals surface area contributed by atoms with Gasteiger partial charge in [0.15, 0.2) is 6.61 Å². The number of carbonyl (C=O) groups is 2. The Morgan fingerprint density at radius 1 is 1.00 bits per heavy atom. The smallest absolute Gasteiger partial charge is 0.331 e. The number of rotatable bonds is 7. The lowest BCUT2D eigenvalue weighted by molar-refractivity contribution is -0.148. The molecular formula is C23H25FN2O5. The van der Waals surface area contributed by atoms with Crippen molar-refractivity contribution in [3.8, 4) is 11.5 Å². The third-order valence-electron chi connectivity index (χ3n) is 5.00. The van der Waals surface area contributed by atoms with Crippen molar-refractivity contribution in [2.75, 3.05) is 51.9 Å². The minimum Gasteiger partial charge on any atom is -0.497 e. The van der Waals surface area contributed by atoms with Crippen LogP contribution in [0.3, 0.4) is 0 Å². The van der Waals surface area contributed by atoms with Crippen molar-refractivity contribution in [1.29, 1.82) is 0 Å². The number of piperazine rings is 1. The number of nitrogens with zero attached hydrogens (tertiary/aromatic N) is 2. The average Bonchev–Trinajstić information content (AvgIpc) is 2.81. The van der Waals surface area contributed by atoms with E-state index in [1.54, 1.807) is 48.4 Å². The topological polar surface area (TPSA) is 68.3 Å². The summed E-state index contributed by atoms with van der Waals surface area (Å²) in [5.74, 6) is 0.0535. The first-order chi connectivity index (χ1) is 15.0. The molecule has 2 aromatic rings. The Kier molecular flexibility index (Phi) is 7.48. The molecule has 2 aromatic carbocycles. The molecule has 0 aliphatic carbocycles. The maximum Gasteiger partial charge on any atom is 0.331 e. The van der Waals surface area contributed by atoms with Crippen LogP contribution >= 0.6 is 0 Å². The first-order valence-corrected chi connectivity index (χ1v) is 9.85. The second-order valence-electron chi connectivity index (χ2n) is 6.89. The van der Waals surface area contributed by atoms with Gasteiger partial charge in [-0.25, -0.2) is 9.18 Å². The number of hydrogen-bond donors (Lipinski definition) is 0. The molecule has 7 nitrogen and oxygen atoms in total. The highest BCUT2D eigenvalue weighted by Crippen LogP contribution is 2.25. The van der Waals surface area contributed by atoms with E-state index in [2.05, 4.69) is 4.90 Å². The zero-order valence-corrected chi connectivity index (χ0v) is 17.5. The lowest BCUT2D eigenvalue weighted by Crippen LogP contribution is -2.49. The van der Waals surface area contributed by atoms with Crippen LogP contribution in [0, 0.1) is 5.82 Å². The number of methoxy groups -OCH3 is 2. The molecule has 1 heterocycles. The number of benzene rings is 2. The molecule has 0 unspecified atom stereocenters. The van der Waals surface area contributed by atoms with Crippen LogP contribution in [0.2, 0.25) is 0 Å². The van der Waals surface area contributed by atoms with Crippen LogP contribution in [-0.2, 0) is 14.3 Å². The van der Waals surface area contributed by atoms with Gasteiger partial charge < -0.3 is 24.0 Å². The van der Waals surface area contributed by atoms with Crippen LogP contribution < -0.4 is 14.4 Å². The van der Waals surface area contributed by atoms with Gasteiger partial charge in [-0.1, -0.05) is 0 Å². The normalized spacial score (nSPS) is 13.9. The zero-order valence-electron chi connectivity index (χ0n) is 17.5. The monoisotopic (exact) mass is 428 g/mol. The van der Waals surface area contributed by atoms with Gasteiger partial charge in [-0.2, -0.15) is 0 Å². The minimum atomic E-state index is -0.615. The summed E-state index contributed by atoms with van der Waals surface area (Å²) < 4.78 is 28.6. The van der Waals surface area contributed by atoms with Gasteiger partial charge in [0.25, 0.3) is 5.91 Å². The summed E-state index contributed by atoms with van der Waals surface area (Å²) in [5, 5.41) is 0. The zero-order chi connectivity index (χ0) is 22.2. The van der Waals surface area contributed by atoms with E-state index in [-0.39, 0.29) is 18.3 Å². The average molecular weight is 428 g/mol. The summed E-state index contributed by atoms with van der Waals surface area (Å²) in [6.07, 6.45) is 2.82. The van der Waals surface area contributed by atoms with Crippen molar-refractivity contribution in [3.05, 3.63) is 59.9 Å². The lowest BCUT2D eigenvalue weighted by atomic mass is 10.2. The third kappa shape index (κ3) is 5.97. The van der Waals surface area contributed by atoms with E-state index in [1.165, 1.54) is 25.3 Å². The molecule has 0 spiro atoms. The summed E-state index contributed by atoms with van der Waals surface area (Å²) in [7, 11) is 3.08. The van der Waals surface area contributed by atoms with Crippen LogP contribution in [0.4, 0.5) is 10.1 Å². The molecule has 0 radical (unpaired) electrons. The van der Waals surface area contributed by atoms with Crippen molar-refractivity contribution < 1.29 is 28.2 Å². The molecular weight excluding hydrogens is 403 g/mol. The van der Waals surface area contributed by atoms with Crippen LogP contribution in [0.5, 0.6) is 11.5 Å². The predicted octanol–water partition coefficient (Wildman–Crippen LogP) is 2.75. The van der Waals surface area contributed by atoms with Crippen LogP contribution in [0.1, 0.15) is 5.56 Å². The molecule has 31 heavy (non-hydrogen) atoms. The van der Waals surface area contributed by atoms with E-state index in [9.17, 15) is 14.0 Å². The van der Waals surface area contributed by atoms with Crippen LogP contribution in [0.15, 0.2) is 48.5 Å². The van der Waals surface area contributed by atoms with Crippen LogP contribution in [-0.4, -0.2) is 63.8 Å². The highest BCUT2D eigenvalue weighted by molar-refractivity contribution is 5.89. The maximum atomic E-state index is 13.1. The first kappa shape index (κ1) is 22.1. The first-order valence-electron chi connectivity index (χ1n) is 9.85. The van der Waals surface area contributed by atoms with E-state index >= 15 is 0 Å². The number of halogens is 1. The number of carbonyl (C=O) groups excluding carboxylic acids is 2. The van der Waals surface area contributed by atoms with E-state index in [4.69, 9.17) is 14.2 Å². The summed E-state index contributed by atoms with van der Waals surface area (Å²) in [4.78, 5) is 28.1. The Bertz CT molecular complexity index is 937. The van der Waals surface area contributed by atoms with Gasteiger partial charge in [0.1, 0.15) is 17.3 Å². The molecule has 3 rings (SSSR count). The predicted molar refractivity (Wildman–Crippen MR) is 115 cm³/mol. The van der Waals surface area contributed by atoms with Gasteiger partial charge in [-0.3, -0.25) is 4.79 Å². The highest BCUT2D eigenvalue weighted by atomic mass is 19.1. The molecule has 8 heteroatoms. The van der Waals surface area contributed by atoms with E-state index in [0.717, 1.165) is 5.69 Å². The number of ether oxygens (including phenoxy) is 3. The Morgan fingerprint density at radius 3 is 2.35 bits per heavy atom. The molecule has 0 bridgehead atoms. The molecule has 0 atom stereocenters. The number of esters is 1. The van der Waals surface area contributed by atoms with Gasteiger partial charge in [0.05, 0.1) is 14.2 Å². The van der Waals surface area contributed by atoms with Gasteiger partial charge in [-0.15, -0.1) is 0 Å². The van der Waals surface area contributed by atoms with Gasteiger partial charge >= 0.3 is 5.97 Å². The molecule has 1 saturated heterocycles. The SMILES string of the molecule is COc1ccc(/C=C/C(=O)OCC(=O)N2CCN(c3ccc(F)cc3)CC2)c(OC)c1. The molecule has 0 saturated carbocycles. The Hall–Kier alpha value is -3.55. The fraction of sp³-hybridized carbons (Fsp3) is 0.304. The van der Waals surface area contributed by atoms with E-state index < -0.39 is 5.97 Å². The minimum absolute atomic E-state index is 0.248. The Labute approximate surface area is 180 Å². The molecule has 1 aliphatic rings.